The van der Waals surface area contributed by atoms with Gasteiger partial charge in [0.25, 0.3) is 5.22 Å². The standard InChI is InChI=1S/C15H20N2O3S/c1-4-19-13(18)15(2,16-3)9-10-21-14-17-11-7-5-6-8-12(11)20-14/h5-8,16H,4,9-10H2,1-3H3. The molecule has 0 radical (unpaired) electrons. The van der Waals surface area contributed by atoms with Crippen molar-refractivity contribution in [2.75, 3.05) is 19.4 Å². The first-order valence-electron chi connectivity index (χ1n) is 6.93. The van der Waals surface area contributed by atoms with Crippen LogP contribution in [0.15, 0.2) is 33.9 Å². The number of fused-ring (bicyclic) bond motifs is 1. The summed E-state index contributed by atoms with van der Waals surface area (Å²) in [7, 11) is 1.76. The maximum absolute atomic E-state index is 11.9. The lowest BCUT2D eigenvalue weighted by Crippen LogP contribution is -2.49. The van der Waals surface area contributed by atoms with Crippen LogP contribution in [-0.4, -0.2) is 35.9 Å². The molecule has 114 valence electrons. The van der Waals surface area contributed by atoms with E-state index in [2.05, 4.69) is 10.3 Å². The van der Waals surface area contributed by atoms with Crippen LogP contribution in [0.25, 0.3) is 11.1 Å². The summed E-state index contributed by atoms with van der Waals surface area (Å²) in [5.41, 5.74) is 0.943. The largest absolute Gasteiger partial charge is 0.465 e. The number of thioether (sulfide) groups is 1. The van der Waals surface area contributed by atoms with E-state index in [1.54, 1.807) is 14.0 Å². The number of carbonyl (C=O) groups excluding carboxylic acids is 1. The number of benzene rings is 1. The molecule has 21 heavy (non-hydrogen) atoms. The van der Waals surface area contributed by atoms with Gasteiger partial charge in [-0.15, -0.1) is 0 Å². The molecule has 0 saturated carbocycles. The van der Waals surface area contributed by atoms with E-state index in [4.69, 9.17) is 9.15 Å². The van der Waals surface area contributed by atoms with Crippen LogP contribution in [0.3, 0.4) is 0 Å². The summed E-state index contributed by atoms with van der Waals surface area (Å²) in [5, 5.41) is 3.66. The zero-order chi connectivity index (χ0) is 15.3. The number of carbonyl (C=O) groups is 1. The normalized spacial score (nSPS) is 14.0. The number of ether oxygens (including phenoxy) is 1. The van der Waals surface area contributed by atoms with E-state index in [9.17, 15) is 4.79 Å². The third-order valence-corrected chi connectivity index (χ3v) is 4.21. The van der Waals surface area contributed by atoms with Gasteiger partial charge in [0.1, 0.15) is 11.1 Å². The second-order valence-corrected chi connectivity index (χ2v) is 5.89. The number of likely N-dealkylation sites (N-methyl/N-ethyl adjacent to an activating group) is 1. The van der Waals surface area contributed by atoms with Gasteiger partial charge in [0.2, 0.25) is 0 Å². The fraction of sp³-hybridized carbons (Fsp3) is 0.467. The van der Waals surface area contributed by atoms with Gasteiger partial charge in [-0.1, -0.05) is 23.9 Å². The van der Waals surface area contributed by atoms with Crippen LogP contribution in [0, 0.1) is 0 Å². The molecule has 0 amide bonds. The molecule has 0 aliphatic carbocycles. The molecule has 0 bridgehead atoms. The number of nitrogens with zero attached hydrogens (tertiary/aromatic N) is 1. The molecular formula is C15H20N2O3S. The molecule has 6 heteroatoms. The molecule has 1 atom stereocenters. The van der Waals surface area contributed by atoms with Crippen molar-refractivity contribution >= 4 is 28.8 Å². The average molecular weight is 308 g/mol. The van der Waals surface area contributed by atoms with Crippen LogP contribution in [0.2, 0.25) is 0 Å². The highest BCUT2D eigenvalue weighted by atomic mass is 32.2. The highest BCUT2D eigenvalue weighted by molar-refractivity contribution is 7.99. The Morgan fingerprint density at radius 3 is 2.90 bits per heavy atom. The highest BCUT2D eigenvalue weighted by Gasteiger charge is 2.32. The van der Waals surface area contributed by atoms with Crippen LogP contribution >= 0.6 is 11.8 Å². The smallest absolute Gasteiger partial charge is 0.326 e. The summed E-state index contributed by atoms with van der Waals surface area (Å²) < 4.78 is 10.7. The number of rotatable bonds is 7. The number of para-hydroxylation sites is 2. The minimum absolute atomic E-state index is 0.231. The molecule has 1 aromatic heterocycles. The maximum Gasteiger partial charge on any atom is 0.326 e. The second-order valence-electron chi connectivity index (χ2n) is 4.85. The van der Waals surface area contributed by atoms with Crippen molar-refractivity contribution in [3.8, 4) is 0 Å². The van der Waals surface area contributed by atoms with Gasteiger partial charge in [-0.2, -0.15) is 0 Å². The Kier molecular flexibility index (Phi) is 5.25. The van der Waals surface area contributed by atoms with Crippen LogP contribution in [0.1, 0.15) is 20.3 Å². The van der Waals surface area contributed by atoms with Gasteiger partial charge in [0.15, 0.2) is 5.58 Å². The van der Waals surface area contributed by atoms with Crippen LogP contribution < -0.4 is 5.32 Å². The third kappa shape index (κ3) is 3.77. The molecule has 1 N–H and O–H groups in total. The van der Waals surface area contributed by atoms with Crippen LogP contribution in [0.5, 0.6) is 0 Å². The van der Waals surface area contributed by atoms with E-state index in [0.29, 0.717) is 24.0 Å². The molecule has 0 fully saturated rings. The van der Waals surface area contributed by atoms with Gasteiger partial charge in [-0.3, -0.25) is 4.79 Å². The van der Waals surface area contributed by atoms with Gasteiger partial charge in [0.05, 0.1) is 6.61 Å². The highest BCUT2D eigenvalue weighted by Crippen LogP contribution is 2.25. The van der Waals surface area contributed by atoms with Crippen molar-refractivity contribution < 1.29 is 13.9 Å². The van der Waals surface area contributed by atoms with Crippen molar-refractivity contribution in [3.63, 3.8) is 0 Å². The van der Waals surface area contributed by atoms with E-state index in [1.165, 1.54) is 11.8 Å². The van der Waals surface area contributed by atoms with Gasteiger partial charge < -0.3 is 14.5 Å². The Balaban J connectivity index is 1.94. The summed E-state index contributed by atoms with van der Waals surface area (Å²) in [6.45, 7) is 4.03. The molecule has 0 saturated heterocycles. The van der Waals surface area contributed by atoms with E-state index in [0.717, 1.165) is 11.1 Å². The lowest BCUT2D eigenvalue weighted by atomic mass is 10.00. The number of esters is 1. The summed E-state index contributed by atoms with van der Waals surface area (Å²) in [6, 6.07) is 7.65. The first-order valence-corrected chi connectivity index (χ1v) is 7.92. The predicted molar refractivity (Wildman–Crippen MR) is 83.4 cm³/mol. The third-order valence-electron chi connectivity index (χ3n) is 3.38. The van der Waals surface area contributed by atoms with Crippen molar-refractivity contribution in [1.82, 2.24) is 10.3 Å². The molecule has 5 nitrogen and oxygen atoms in total. The fourth-order valence-corrected chi connectivity index (χ4v) is 2.87. The molecule has 0 aliphatic rings. The summed E-state index contributed by atoms with van der Waals surface area (Å²) >= 11 is 1.50. The molecule has 2 rings (SSSR count). The fourth-order valence-electron chi connectivity index (χ4n) is 1.87. The Labute approximate surface area is 128 Å². The zero-order valence-electron chi connectivity index (χ0n) is 12.5. The van der Waals surface area contributed by atoms with Gasteiger partial charge in [-0.25, -0.2) is 4.98 Å². The Hall–Kier alpha value is -1.53. The van der Waals surface area contributed by atoms with E-state index >= 15 is 0 Å². The number of oxazole rings is 1. The van der Waals surface area contributed by atoms with Crippen molar-refractivity contribution in [3.05, 3.63) is 24.3 Å². The van der Waals surface area contributed by atoms with Crippen molar-refractivity contribution in [2.45, 2.75) is 31.0 Å². The summed E-state index contributed by atoms with van der Waals surface area (Å²) in [4.78, 5) is 16.3. The number of nitrogens with one attached hydrogen (secondary N) is 1. The molecule has 1 aromatic carbocycles. The van der Waals surface area contributed by atoms with Crippen LogP contribution in [-0.2, 0) is 9.53 Å². The first kappa shape index (κ1) is 15.9. The van der Waals surface area contributed by atoms with Crippen LogP contribution in [0.4, 0.5) is 0 Å². The van der Waals surface area contributed by atoms with Crippen molar-refractivity contribution in [2.24, 2.45) is 0 Å². The second kappa shape index (κ2) is 6.95. The summed E-state index contributed by atoms with van der Waals surface area (Å²) in [5.74, 6) is 0.480. The molecular weight excluding hydrogens is 288 g/mol. The molecule has 0 spiro atoms. The number of hydrogen-bond donors (Lipinski definition) is 1. The lowest BCUT2D eigenvalue weighted by molar-refractivity contribution is -0.150. The van der Waals surface area contributed by atoms with Gasteiger partial charge in [-0.05, 0) is 39.4 Å². The quantitative estimate of drug-likeness (QED) is 0.627. The van der Waals surface area contributed by atoms with Gasteiger partial charge >= 0.3 is 5.97 Å². The maximum atomic E-state index is 11.9. The van der Waals surface area contributed by atoms with E-state index < -0.39 is 5.54 Å². The molecule has 1 heterocycles. The molecule has 0 aliphatic heterocycles. The first-order chi connectivity index (χ1) is 10.1. The monoisotopic (exact) mass is 308 g/mol. The molecule has 1 unspecified atom stereocenters. The number of aromatic nitrogens is 1. The van der Waals surface area contributed by atoms with Gasteiger partial charge in [0, 0.05) is 5.75 Å². The molecule has 2 aromatic rings. The Morgan fingerprint density at radius 1 is 1.48 bits per heavy atom. The predicted octanol–water partition coefficient (Wildman–Crippen LogP) is 2.85. The zero-order valence-corrected chi connectivity index (χ0v) is 13.3. The SMILES string of the molecule is CCOC(=O)C(C)(CCSc1nc2ccccc2o1)NC. The number of hydrogen-bond acceptors (Lipinski definition) is 6. The van der Waals surface area contributed by atoms with Crippen molar-refractivity contribution in [1.29, 1.82) is 0 Å². The minimum atomic E-state index is -0.685. The Morgan fingerprint density at radius 2 is 2.24 bits per heavy atom. The van der Waals surface area contributed by atoms with E-state index in [-0.39, 0.29) is 5.97 Å². The topological polar surface area (TPSA) is 64.4 Å². The summed E-state index contributed by atoms with van der Waals surface area (Å²) in [6.07, 6.45) is 0.631. The lowest BCUT2D eigenvalue weighted by Gasteiger charge is -2.26. The van der Waals surface area contributed by atoms with E-state index in [1.807, 2.05) is 31.2 Å². The average Bonchev–Trinajstić information content (AvgIpc) is 2.89. The minimum Gasteiger partial charge on any atom is -0.465 e. The Bertz CT molecular complexity index is 581.